The lowest BCUT2D eigenvalue weighted by Crippen LogP contribution is -2.36. The van der Waals surface area contributed by atoms with Crippen molar-refractivity contribution in [3.8, 4) is 11.4 Å². The summed E-state index contributed by atoms with van der Waals surface area (Å²) in [5, 5.41) is 8.30. The van der Waals surface area contributed by atoms with Crippen molar-refractivity contribution in [2.24, 2.45) is 0 Å². The van der Waals surface area contributed by atoms with Crippen LogP contribution in [0.15, 0.2) is 36.7 Å². The molecule has 0 aliphatic carbocycles. The van der Waals surface area contributed by atoms with Gasteiger partial charge in [-0.05, 0) is 45.5 Å². The van der Waals surface area contributed by atoms with E-state index >= 15 is 0 Å². The molecule has 0 radical (unpaired) electrons. The summed E-state index contributed by atoms with van der Waals surface area (Å²) >= 11 is 0. The Morgan fingerprint density at radius 2 is 1.96 bits per heavy atom. The van der Waals surface area contributed by atoms with Crippen LogP contribution in [0, 0.1) is 0 Å². The average molecular weight is 379 g/mol. The highest BCUT2D eigenvalue weighted by Gasteiger charge is 2.22. The molecule has 8 nitrogen and oxygen atoms in total. The molecular formula is C20H25N7O. The van der Waals surface area contributed by atoms with Crippen molar-refractivity contribution in [2.75, 3.05) is 27.2 Å². The van der Waals surface area contributed by atoms with E-state index in [-0.39, 0.29) is 12.5 Å². The van der Waals surface area contributed by atoms with Gasteiger partial charge in [0.25, 0.3) is 0 Å². The van der Waals surface area contributed by atoms with Crippen molar-refractivity contribution in [2.45, 2.75) is 31.8 Å². The highest BCUT2D eigenvalue weighted by Crippen LogP contribution is 2.17. The first-order valence-electron chi connectivity index (χ1n) is 9.66. The first kappa shape index (κ1) is 18.5. The van der Waals surface area contributed by atoms with Crippen LogP contribution in [-0.4, -0.2) is 73.9 Å². The molecule has 0 saturated carbocycles. The van der Waals surface area contributed by atoms with Crippen molar-refractivity contribution in [3.63, 3.8) is 0 Å². The van der Waals surface area contributed by atoms with Gasteiger partial charge in [-0.1, -0.05) is 17.3 Å². The molecule has 0 bridgehead atoms. The second-order valence-corrected chi connectivity index (χ2v) is 7.47. The standard InChI is InChI=1S/C20H25N7O/c1-25(2)15-6-5-10-26(11-9-15)20(28)14-27-13-19(23-24-27)18-12-21-16-7-3-4-8-17(16)22-18/h3-4,7-8,12-13,15H,5-6,9-11,14H2,1-2H3. The quantitative estimate of drug-likeness (QED) is 0.688. The number of likely N-dealkylation sites (tertiary alicyclic amines) is 1. The van der Waals surface area contributed by atoms with Gasteiger partial charge in [0.05, 0.1) is 23.4 Å². The topological polar surface area (TPSA) is 80.0 Å². The second kappa shape index (κ2) is 8.02. The minimum absolute atomic E-state index is 0.0838. The van der Waals surface area contributed by atoms with Crippen LogP contribution < -0.4 is 0 Å². The van der Waals surface area contributed by atoms with Crippen LogP contribution >= 0.6 is 0 Å². The zero-order valence-electron chi connectivity index (χ0n) is 16.3. The normalized spacial score (nSPS) is 17.8. The second-order valence-electron chi connectivity index (χ2n) is 7.47. The number of benzene rings is 1. The first-order valence-corrected chi connectivity index (χ1v) is 9.66. The number of amides is 1. The SMILES string of the molecule is CN(C)C1CCCN(C(=O)Cn2cc(-c3cnc4ccccc4n3)nn2)CC1. The fourth-order valence-corrected chi connectivity index (χ4v) is 3.66. The predicted molar refractivity (Wildman–Crippen MR) is 106 cm³/mol. The lowest BCUT2D eigenvalue weighted by Gasteiger charge is -2.23. The third-order valence-electron chi connectivity index (χ3n) is 5.33. The van der Waals surface area contributed by atoms with Gasteiger partial charge in [0, 0.05) is 19.1 Å². The number of fused-ring (bicyclic) bond motifs is 1. The molecule has 1 fully saturated rings. The van der Waals surface area contributed by atoms with Crippen molar-refractivity contribution >= 4 is 16.9 Å². The third-order valence-corrected chi connectivity index (χ3v) is 5.33. The Morgan fingerprint density at radius 3 is 2.79 bits per heavy atom. The van der Waals surface area contributed by atoms with Crippen LogP contribution in [0.4, 0.5) is 0 Å². The maximum Gasteiger partial charge on any atom is 0.244 e. The van der Waals surface area contributed by atoms with Crippen molar-refractivity contribution in [1.29, 1.82) is 0 Å². The predicted octanol–water partition coefficient (Wildman–Crippen LogP) is 1.83. The summed E-state index contributed by atoms with van der Waals surface area (Å²) in [4.78, 5) is 25.9. The van der Waals surface area contributed by atoms with E-state index in [2.05, 4.69) is 39.3 Å². The molecule has 1 aliphatic rings. The van der Waals surface area contributed by atoms with E-state index < -0.39 is 0 Å². The molecule has 0 spiro atoms. The van der Waals surface area contributed by atoms with E-state index in [1.807, 2.05) is 29.2 Å². The van der Waals surface area contributed by atoms with Crippen LogP contribution in [0.2, 0.25) is 0 Å². The lowest BCUT2D eigenvalue weighted by atomic mass is 10.1. The van der Waals surface area contributed by atoms with E-state index in [1.54, 1.807) is 17.1 Å². The van der Waals surface area contributed by atoms with Gasteiger partial charge in [0.1, 0.15) is 17.9 Å². The summed E-state index contributed by atoms with van der Waals surface area (Å²) in [5.74, 6) is 0.0838. The molecule has 1 saturated heterocycles. The Bertz CT molecular complexity index is 968. The minimum atomic E-state index is 0.0838. The maximum absolute atomic E-state index is 12.7. The van der Waals surface area contributed by atoms with E-state index in [9.17, 15) is 4.79 Å². The van der Waals surface area contributed by atoms with Crippen molar-refractivity contribution in [1.82, 2.24) is 34.8 Å². The number of aromatic nitrogens is 5. The Kier molecular flexibility index (Phi) is 5.29. The largest absolute Gasteiger partial charge is 0.341 e. The van der Waals surface area contributed by atoms with E-state index in [4.69, 9.17) is 0 Å². The fraction of sp³-hybridized carbons (Fsp3) is 0.450. The molecule has 2 aromatic heterocycles. The fourth-order valence-electron chi connectivity index (χ4n) is 3.66. The molecule has 1 aromatic carbocycles. The Hall–Kier alpha value is -2.87. The van der Waals surface area contributed by atoms with Crippen LogP contribution in [0.3, 0.4) is 0 Å². The summed E-state index contributed by atoms with van der Waals surface area (Å²) in [6.45, 7) is 1.79. The minimum Gasteiger partial charge on any atom is -0.341 e. The average Bonchev–Trinajstić information content (AvgIpc) is 3.01. The van der Waals surface area contributed by atoms with E-state index in [0.29, 0.717) is 17.4 Å². The maximum atomic E-state index is 12.7. The molecule has 4 rings (SSSR count). The lowest BCUT2D eigenvalue weighted by molar-refractivity contribution is -0.132. The molecule has 3 heterocycles. The number of carbonyl (C=O) groups is 1. The van der Waals surface area contributed by atoms with Gasteiger partial charge in [-0.3, -0.25) is 9.78 Å². The van der Waals surface area contributed by atoms with Crippen molar-refractivity contribution < 1.29 is 4.79 Å². The molecule has 8 heteroatoms. The molecule has 1 unspecified atom stereocenters. The monoisotopic (exact) mass is 379 g/mol. The number of nitrogens with zero attached hydrogens (tertiary/aromatic N) is 7. The number of carbonyl (C=O) groups excluding carboxylic acids is 1. The van der Waals surface area contributed by atoms with Gasteiger partial charge in [-0.25, -0.2) is 9.67 Å². The highest BCUT2D eigenvalue weighted by atomic mass is 16.2. The molecule has 1 aliphatic heterocycles. The third kappa shape index (κ3) is 4.01. The van der Waals surface area contributed by atoms with E-state index in [1.165, 1.54) is 0 Å². The van der Waals surface area contributed by atoms with Gasteiger partial charge >= 0.3 is 0 Å². The van der Waals surface area contributed by atoms with Gasteiger partial charge in [-0.2, -0.15) is 0 Å². The molecule has 146 valence electrons. The number of rotatable bonds is 4. The number of hydrogen-bond acceptors (Lipinski definition) is 6. The van der Waals surface area contributed by atoms with Crippen molar-refractivity contribution in [3.05, 3.63) is 36.7 Å². The van der Waals surface area contributed by atoms with Gasteiger partial charge in [-0.15, -0.1) is 5.10 Å². The summed E-state index contributed by atoms with van der Waals surface area (Å²) in [6, 6.07) is 8.24. The van der Waals surface area contributed by atoms with Crippen LogP contribution in [0.1, 0.15) is 19.3 Å². The Balaban J connectivity index is 1.43. The molecular weight excluding hydrogens is 354 g/mol. The van der Waals surface area contributed by atoms with Crippen LogP contribution in [0.5, 0.6) is 0 Å². The van der Waals surface area contributed by atoms with Gasteiger partial charge in [0.15, 0.2) is 0 Å². The summed E-state index contributed by atoms with van der Waals surface area (Å²) in [6.07, 6.45) is 6.62. The van der Waals surface area contributed by atoms with E-state index in [0.717, 1.165) is 43.4 Å². The Labute approximate surface area is 164 Å². The zero-order chi connectivity index (χ0) is 19.5. The molecule has 28 heavy (non-hydrogen) atoms. The van der Waals surface area contributed by atoms with Gasteiger partial charge in [0.2, 0.25) is 5.91 Å². The first-order chi connectivity index (χ1) is 13.6. The number of hydrogen-bond donors (Lipinski definition) is 0. The molecule has 3 aromatic rings. The number of para-hydroxylation sites is 2. The van der Waals surface area contributed by atoms with Gasteiger partial charge < -0.3 is 9.80 Å². The zero-order valence-corrected chi connectivity index (χ0v) is 16.3. The summed E-state index contributed by atoms with van der Waals surface area (Å²) in [7, 11) is 4.21. The molecule has 1 atom stereocenters. The summed E-state index contributed by atoms with van der Waals surface area (Å²) < 4.78 is 1.59. The summed E-state index contributed by atoms with van der Waals surface area (Å²) in [5.41, 5.74) is 2.92. The molecule has 0 N–H and O–H groups in total. The van der Waals surface area contributed by atoms with Crippen LogP contribution in [-0.2, 0) is 11.3 Å². The highest BCUT2D eigenvalue weighted by molar-refractivity contribution is 5.77. The van der Waals surface area contributed by atoms with Crippen LogP contribution in [0.25, 0.3) is 22.4 Å². The smallest absolute Gasteiger partial charge is 0.244 e. The molecule has 1 amide bonds. The Morgan fingerprint density at radius 1 is 1.14 bits per heavy atom.